The lowest BCUT2D eigenvalue weighted by Crippen LogP contribution is -2.55. The fourth-order valence-corrected chi connectivity index (χ4v) is 4.34. The van der Waals surface area contributed by atoms with E-state index in [1.807, 2.05) is 56.3 Å². The molecule has 0 unspecified atom stereocenters. The van der Waals surface area contributed by atoms with E-state index in [-0.39, 0.29) is 11.8 Å². The summed E-state index contributed by atoms with van der Waals surface area (Å²) in [7, 11) is -1.67. The first-order valence-corrected chi connectivity index (χ1v) is 11.5. The van der Waals surface area contributed by atoms with E-state index in [0.29, 0.717) is 18.4 Å². The van der Waals surface area contributed by atoms with Gasteiger partial charge in [-0.15, -0.1) is 0 Å². The molecule has 0 fully saturated rings. The minimum atomic E-state index is -1.67. The third kappa shape index (κ3) is 6.44. The van der Waals surface area contributed by atoms with Crippen LogP contribution >= 0.6 is 0 Å². The Balaban J connectivity index is 1.81. The first kappa shape index (κ1) is 24.0. The molecule has 0 aromatic heterocycles. The Morgan fingerprint density at radius 1 is 0.969 bits per heavy atom. The van der Waals surface area contributed by atoms with Gasteiger partial charge in [-0.3, -0.25) is 9.59 Å². The van der Waals surface area contributed by atoms with Crippen molar-refractivity contribution in [3.05, 3.63) is 70.8 Å². The highest BCUT2D eigenvalue weighted by Crippen LogP contribution is 2.24. The molecule has 0 radical (unpaired) electrons. The van der Waals surface area contributed by atoms with Gasteiger partial charge in [-0.25, -0.2) is 0 Å². The molecule has 0 bridgehead atoms. The molecule has 32 heavy (non-hydrogen) atoms. The summed E-state index contributed by atoms with van der Waals surface area (Å²) in [6.07, 6.45) is 4.73. The van der Waals surface area contributed by atoms with Crippen molar-refractivity contribution in [2.45, 2.75) is 64.4 Å². The molecule has 170 valence electrons. The van der Waals surface area contributed by atoms with Gasteiger partial charge in [-0.05, 0) is 60.8 Å². The zero-order valence-electron chi connectivity index (χ0n) is 18.9. The van der Waals surface area contributed by atoms with Crippen molar-refractivity contribution >= 4 is 18.9 Å². The van der Waals surface area contributed by atoms with Crippen molar-refractivity contribution < 1.29 is 19.6 Å². The van der Waals surface area contributed by atoms with Gasteiger partial charge in [-0.2, -0.15) is 0 Å². The molecule has 2 atom stereocenters. The van der Waals surface area contributed by atoms with E-state index in [1.165, 1.54) is 5.56 Å². The smallest absolute Gasteiger partial charge is 0.426 e. The predicted octanol–water partition coefficient (Wildman–Crippen LogP) is 2.45. The SMILES string of the molecule is CC(C)C[C@H](NC(=O)[C@H](Cc1ccccc1)NC(=O)c1cccc2c1CCCC2)B(O)O. The summed E-state index contributed by atoms with van der Waals surface area (Å²) in [4.78, 5) is 26.4. The van der Waals surface area contributed by atoms with Crippen LogP contribution in [0.1, 0.15) is 60.2 Å². The molecule has 2 aromatic rings. The maximum atomic E-state index is 13.2. The largest absolute Gasteiger partial charge is 0.475 e. The van der Waals surface area contributed by atoms with Gasteiger partial charge in [0.1, 0.15) is 6.04 Å². The van der Waals surface area contributed by atoms with Crippen molar-refractivity contribution in [2.75, 3.05) is 0 Å². The lowest BCUT2D eigenvalue weighted by atomic mass is 9.75. The number of hydrogen-bond acceptors (Lipinski definition) is 4. The lowest BCUT2D eigenvalue weighted by Gasteiger charge is -2.25. The number of hydrogen-bond donors (Lipinski definition) is 4. The van der Waals surface area contributed by atoms with Gasteiger partial charge in [0.2, 0.25) is 5.91 Å². The van der Waals surface area contributed by atoms with E-state index in [2.05, 4.69) is 16.7 Å². The fraction of sp³-hybridized carbons (Fsp3) is 0.440. The maximum absolute atomic E-state index is 13.2. The second-order valence-corrected chi connectivity index (χ2v) is 9.02. The first-order chi connectivity index (χ1) is 15.3. The van der Waals surface area contributed by atoms with Crippen LogP contribution in [0.2, 0.25) is 0 Å². The Kier molecular flexibility index (Phi) is 8.48. The minimum Gasteiger partial charge on any atom is -0.426 e. The molecule has 7 heteroatoms. The number of benzene rings is 2. The highest BCUT2D eigenvalue weighted by molar-refractivity contribution is 6.43. The summed E-state index contributed by atoms with van der Waals surface area (Å²) in [6, 6.07) is 14.4. The van der Waals surface area contributed by atoms with Crippen LogP contribution in [-0.2, 0) is 24.1 Å². The van der Waals surface area contributed by atoms with E-state index in [9.17, 15) is 19.6 Å². The lowest BCUT2D eigenvalue weighted by molar-refractivity contribution is -0.123. The minimum absolute atomic E-state index is 0.167. The summed E-state index contributed by atoms with van der Waals surface area (Å²) < 4.78 is 0. The molecule has 1 aliphatic rings. The van der Waals surface area contributed by atoms with Crippen LogP contribution in [0.4, 0.5) is 0 Å². The monoisotopic (exact) mass is 436 g/mol. The second-order valence-electron chi connectivity index (χ2n) is 9.02. The van der Waals surface area contributed by atoms with Crippen LogP contribution in [0, 0.1) is 5.92 Å². The molecule has 0 spiro atoms. The number of rotatable bonds is 9. The highest BCUT2D eigenvalue weighted by atomic mass is 16.4. The standard InChI is InChI=1S/C25H33BN2O4/c1-17(2)15-23(26(31)32)28-25(30)22(16-18-9-4-3-5-10-18)27-24(29)21-14-8-12-19-11-6-7-13-20(19)21/h3-5,8-10,12,14,17,22-23,31-32H,6-7,11,13,15-16H2,1-2H3,(H,27,29)(H,28,30)/t22-,23-/m0/s1. The Hall–Kier alpha value is -2.64. The molecule has 3 rings (SSSR count). The van der Waals surface area contributed by atoms with E-state index in [1.54, 1.807) is 0 Å². The maximum Gasteiger partial charge on any atom is 0.475 e. The third-order valence-corrected chi connectivity index (χ3v) is 5.96. The van der Waals surface area contributed by atoms with Crippen LogP contribution in [-0.4, -0.2) is 41.0 Å². The average Bonchev–Trinajstić information content (AvgIpc) is 2.78. The van der Waals surface area contributed by atoms with Crippen LogP contribution in [0.25, 0.3) is 0 Å². The normalized spacial score (nSPS) is 14.9. The summed E-state index contributed by atoms with van der Waals surface area (Å²) >= 11 is 0. The average molecular weight is 436 g/mol. The molecule has 0 heterocycles. The number of aryl methyl sites for hydroxylation is 1. The fourth-order valence-electron chi connectivity index (χ4n) is 4.34. The Morgan fingerprint density at radius 3 is 2.38 bits per heavy atom. The molecule has 1 aliphatic carbocycles. The molecule has 2 amide bonds. The quantitative estimate of drug-likeness (QED) is 0.454. The molecule has 0 aliphatic heterocycles. The molecular weight excluding hydrogens is 403 g/mol. The van der Waals surface area contributed by atoms with Gasteiger partial charge in [0.15, 0.2) is 0 Å². The van der Waals surface area contributed by atoms with Crippen LogP contribution in [0.5, 0.6) is 0 Å². The number of carbonyl (C=O) groups excluding carboxylic acids is 2. The van der Waals surface area contributed by atoms with Gasteiger partial charge in [0, 0.05) is 12.0 Å². The Bertz CT molecular complexity index is 917. The van der Waals surface area contributed by atoms with E-state index in [4.69, 9.17) is 0 Å². The Labute approximate surface area is 190 Å². The first-order valence-electron chi connectivity index (χ1n) is 11.5. The summed E-state index contributed by atoms with van der Waals surface area (Å²) in [5, 5.41) is 25.1. The zero-order valence-corrected chi connectivity index (χ0v) is 18.9. The van der Waals surface area contributed by atoms with Crippen molar-refractivity contribution in [3.8, 4) is 0 Å². The van der Waals surface area contributed by atoms with Gasteiger partial charge in [0.05, 0.1) is 5.94 Å². The number of fused-ring (bicyclic) bond motifs is 1. The summed E-state index contributed by atoms with van der Waals surface area (Å²) in [5.41, 5.74) is 3.80. The van der Waals surface area contributed by atoms with Crippen molar-refractivity contribution in [1.29, 1.82) is 0 Å². The number of nitrogens with one attached hydrogen (secondary N) is 2. The highest BCUT2D eigenvalue weighted by Gasteiger charge is 2.30. The van der Waals surface area contributed by atoms with Gasteiger partial charge >= 0.3 is 7.12 Å². The second kappa shape index (κ2) is 11.3. The van der Waals surface area contributed by atoms with Crippen molar-refractivity contribution in [1.82, 2.24) is 10.6 Å². The van der Waals surface area contributed by atoms with E-state index < -0.39 is 25.0 Å². The van der Waals surface area contributed by atoms with Crippen molar-refractivity contribution in [3.63, 3.8) is 0 Å². The number of carbonyl (C=O) groups is 2. The van der Waals surface area contributed by atoms with E-state index >= 15 is 0 Å². The Morgan fingerprint density at radius 2 is 1.69 bits per heavy atom. The van der Waals surface area contributed by atoms with E-state index in [0.717, 1.165) is 36.8 Å². The molecule has 2 aromatic carbocycles. The molecular formula is C25H33BN2O4. The van der Waals surface area contributed by atoms with Gasteiger partial charge in [-0.1, -0.05) is 56.3 Å². The van der Waals surface area contributed by atoms with Crippen LogP contribution in [0.15, 0.2) is 48.5 Å². The van der Waals surface area contributed by atoms with Crippen LogP contribution in [0.3, 0.4) is 0 Å². The van der Waals surface area contributed by atoms with Crippen molar-refractivity contribution in [2.24, 2.45) is 5.92 Å². The zero-order chi connectivity index (χ0) is 23.1. The summed E-state index contributed by atoms with van der Waals surface area (Å²) in [6.45, 7) is 3.90. The van der Waals surface area contributed by atoms with Gasteiger partial charge < -0.3 is 20.7 Å². The van der Waals surface area contributed by atoms with Crippen LogP contribution < -0.4 is 10.6 Å². The molecule has 6 nitrogen and oxygen atoms in total. The van der Waals surface area contributed by atoms with Gasteiger partial charge in [0.25, 0.3) is 5.91 Å². The third-order valence-electron chi connectivity index (χ3n) is 5.96. The number of amides is 2. The molecule has 0 saturated carbocycles. The summed E-state index contributed by atoms with van der Waals surface area (Å²) in [5.74, 6) is -1.34. The topological polar surface area (TPSA) is 98.7 Å². The predicted molar refractivity (Wildman–Crippen MR) is 126 cm³/mol. The molecule has 4 N–H and O–H groups in total. The molecule has 0 saturated heterocycles.